The van der Waals surface area contributed by atoms with Crippen LogP contribution in [0.4, 0.5) is 0 Å². The molecule has 1 aliphatic rings. The van der Waals surface area contributed by atoms with Crippen molar-refractivity contribution in [3.8, 4) is 0 Å². The summed E-state index contributed by atoms with van der Waals surface area (Å²) in [6, 6.07) is 0. The Labute approximate surface area is 77.7 Å². The molecule has 0 saturated heterocycles. The van der Waals surface area contributed by atoms with Crippen LogP contribution in [0.1, 0.15) is 46.0 Å². The van der Waals surface area contributed by atoms with Gasteiger partial charge in [0.15, 0.2) is 0 Å². The summed E-state index contributed by atoms with van der Waals surface area (Å²) in [6.45, 7) is 8.47. The average Bonchev–Trinajstić information content (AvgIpc) is 2.85. The molecule has 0 aromatic heterocycles. The lowest BCUT2D eigenvalue weighted by atomic mass is 9.50. The van der Waals surface area contributed by atoms with Crippen LogP contribution in [0.3, 0.4) is 0 Å². The molecule has 1 heteroatoms. The highest BCUT2D eigenvalue weighted by atomic mass is 14.4. The molecule has 0 aliphatic heterocycles. The standard InChI is InChI=1S/C11H21B/c1-4-7-10(5-2)12-11(6-3)8-9-11/h4,10,12H,1,5-9H2,2-3H3. The highest BCUT2D eigenvalue weighted by Gasteiger charge is 2.42. The largest absolute Gasteiger partial charge is 0.131 e. The fourth-order valence-electron chi connectivity index (χ4n) is 2.12. The van der Waals surface area contributed by atoms with E-state index in [-0.39, 0.29) is 0 Å². The lowest BCUT2D eigenvalue weighted by molar-refractivity contribution is 0.738. The summed E-state index contributed by atoms with van der Waals surface area (Å²) in [5.74, 6) is 0.907. The minimum Gasteiger partial charge on any atom is -0.103 e. The first kappa shape index (κ1) is 9.89. The van der Waals surface area contributed by atoms with Crippen LogP contribution in [-0.2, 0) is 0 Å². The second kappa shape index (κ2) is 4.16. The highest BCUT2D eigenvalue weighted by Crippen LogP contribution is 2.57. The van der Waals surface area contributed by atoms with E-state index in [4.69, 9.17) is 0 Å². The number of hydrogen-bond acceptors (Lipinski definition) is 0. The van der Waals surface area contributed by atoms with Crippen molar-refractivity contribution in [2.24, 2.45) is 0 Å². The first-order valence-corrected chi connectivity index (χ1v) is 5.37. The molecule has 0 bridgehead atoms. The lowest BCUT2D eigenvalue weighted by Crippen LogP contribution is -2.10. The van der Waals surface area contributed by atoms with E-state index in [0.717, 1.165) is 11.1 Å². The van der Waals surface area contributed by atoms with Gasteiger partial charge in [-0.1, -0.05) is 56.7 Å². The Bertz CT molecular complexity index is 147. The molecule has 0 nitrogen and oxygen atoms in total. The molecule has 0 heterocycles. The van der Waals surface area contributed by atoms with Crippen molar-refractivity contribution in [3.05, 3.63) is 12.7 Å². The molecule has 0 spiro atoms. The van der Waals surface area contributed by atoms with Crippen molar-refractivity contribution in [3.63, 3.8) is 0 Å². The van der Waals surface area contributed by atoms with Gasteiger partial charge in [0.25, 0.3) is 0 Å². The second-order valence-electron chi connectivity index (χ2n) is 4.36. The molecule has 0 aromatic carbocycles. The van der Waals surface area contributed by atoms with Crippen molar-refractivity contribution in [2.75, 3.05) is 0 Å². The summed E-state index contributed by atoms with van der Waals surface area (Å²) < 4.78 is 0. The van der Waals surface area contributed by atoms with Crippen LogP contribution in [0.25, 0.3) is 0 Å². The van der Waals surface area contributed by atoms with E-state index >= 15 is 0 Å². The van der Waals surface area contributed by atoms with Gasteiger partial charge in [0.1, 0.15) is 7.28 Å². The Balaban J connectivity index is 2.31. The third kappa shape index (κ3) is 2.40. The highest BCUT2D eigenvalue weighted by molar-refractivity contribution is 6.43. The Morgan fingerprint density at radius 1 is 1.50 bits per heavy atom. The third-order valence-electron chi connectivity index (χ3n) is 3.51. The molecule has 12 heavy (non-hydrogen) atoms. The number of hydrogen-bond donors (Lipinski definition) is 0. The van der Waals surface area contributed by atoms with Crippen molar-refractivity contribution < 1.29 is 0 Å². The number of allylic oxidation sites excluding steroid dienone is 1. The van der Waals surface area contributed by atoms with Crippen LogP contribution in [0.2, 0.25) is 11.1 Å². The van der Waals surface area contributed by atoms with Crippen LogP contribution < -0.4 is 0 Å². The topological polar surface area (TPSA) is 0 Å². The van der Waals surface area contributed by atoms with Crippen molar-refractivity contribution >= 4 is 7.28 Å². The van der Waals surface area contributed by atoms with Gasteiger partial charge in [-0.15, -0.1) is 6.58 Å². The Morgan fingerprint density at radius 3 is 2.50 bits per heavy atom. The van der Waals surface area contributed by atoms with E-state index in [1.807, 2.05) is 0 Å². The quantitative estimate of drug-likeness (QED) is 0.416. The Kier molecular flexibility index (Phi) is 3.43. The van der Waals surface area contributed by atoms with Gasteiger partial charge in [0.2, 0.25) is 0 Å². The number of rotatable bonds is 6. The molecule has 1 fully saturated rings. The molecule has 0 amide bonds. The van der Waals surface area contributed by atoms with Crippen LogP contribution in [0, 0.1) is 0 Å². The minimum absolute atomic E-state index is 0.768. The maximum absolute atomic E-state index is 3.82. The third-order valence-corrected chi connectivity index (χ3v) is 3.51. The molecule has 1 saturated carbocycles. The summed E-state index contributed by atoms with van der Waals surface area (Å²) in [5.41, 5.74) is 0. The maximum atomic E-state index is 3.82. The Hall–Kier alpha value is -0.195. The molecule has 1 unspecified atom stereocenters. The second-order valence-corrected chi connectivity index (χ2v) is 4.36. The molecule has 1 rings (SSSR count). The van der Waals surface area contributed by atoms with Gasteiger partial charge in [-0.3, -0.25) is 0 Å². The molecule has 0 aromatic rings. The molecule has 0 radical (unpaired) electrons. The van der Waals surface area contributed by atoms with Crippen molar-refractivity contribution in [1.29, 1.82) is 0 Å². The summed E-state index contributed by atoms with van der Waals surface area (Å²) >= 11 is 0. The van der Waals surface area contributed by atoms with E-state index < -0.39 is 0 Å². The summed E-state index contributed by atoms with van der Waals surface area (Å²) in [4.78, 5) is 0. The van der Waals surface area contributed by atoms with Crippen LogP contribution in [0.5, 0.6) is 0 Å². The van der Waals surface area contributed by atoms with E-state index in [2.05, 4.69) is 26.5 Å². The van der Waals surface area contributed by atoms with Gasteiger partial charge < -0.3 is 0 Å². The minimum atomic E-state index is 0.768. The zero-order valence-electron chi connectivity index (χ0n) is 8.60. The van der Waals surface area contributed by atoms with Crippen molar-refractivity contribution in [1.82, 2.24) is 0 Å². The SMILES string of the molecule is C=CCC(BC1(CC)CC1)CC. The summed E-state index contributed by atoms with van der Waals surface area (Å²) in [7, 11) is 1.45. The molecule has 1 atom stereocenters. The van der Waals surface area contributed by atoms with Crippen molar-refractivity contribution in [2.45, 2.75) is 57.1 Å². The molecular formula is C11H21B. The van der Waals surface area contributed by atoms with E-state index in [0.29, 0.717) is 0 Å². The smallest absolute Gasteiger partial charge is 0.103 e. The van der Waals surface area contributed by atoms with Gasteiger partial charge in [-0.25, -0.2) is 0 Å². The molecule has 68 valence electrons. The van der Waals surface area contributed by atoms with Gasteiger partial charge in [0.05, 0.1) is 0 Å². The fourth-order valence-corrected chi connectivity index (χ4v) is 2.12. The summed E-state index contributed by atoms with van der Waals surface area (Å²) in [5, 5.41) is 0.768. The van der Waals surface area contributed by atoms with Crippen LogP contribution >= 0.6 is 0 Å². The summed E-state index contributed by atoms with van der Waals surface area (Å²) in [6.07, 6.45) is 8.99. The van der Waals surface area contributed by atoms with E-state index in [9.17, 15) is 0 Å². The van der Waals surface area contributed by atoms with E-state index in [1.165, 1.54) is 39.4 Å². The van der Waals surface area contributed by atoms with Gasteiger partial charge in [-0.2, -0.15) is 0 Å². The van der Waals surface area contributed by atoms with Gasteiger partial charge >= 0.3 is 0 Å². The molecule has 0 N–H and O–H groups in total. The monoisotopic (exact) mass is 164 g/mol. The zero-order chi connectivity index (χ0) is 9.03. The fraction of sp³-hybridized carbons (Fsp3) is 0.818. The van der Waals surface area contributed by atoms with Crippen LogP contribution in [-0.4, -0.2) is 7.28 Å². The first-order chi connectivity index (χ1) is 5.76. The lowest BCUT2D eigenvalue weighted by Gasteiger charge is -2.17. The molecule has 1 aliphatic carbocycles. The van der Waals surface area contributed by atoms with Crippen LogP contribution in [0.15, 0.2) is 12.7 Å². The van der Waals surface area contributed by atoms with Gasteiger partial charge in [0, 0.05) is 0 Å². The van der Waals surface area contributed by atoms with E-state index in [1.54, 1.807) is 0 Å². The molecular weight excluding hydrogens is 143 g/mol. The predicted molar refractivity (Wildman–Crippen MR) is 58.2 cm³/mol. The first-order valence-electron chi connectivity index (χ1n) is 5.37. The average molecular weight is 164 g/mol. The zero-order valence-corrected chi connectivity index (χ0v) is 8.60. The maximum Gasteiger partial charge on any atom is 0.131 e. The predicted octanol–water partition coefficient (Wildman–Crippen LogP) is 3.56. The normalized spacial score (nSPS) is 21.5. The van der Waals surface area contributed by atoms with Gasteiger partial charge in [-0.05, 0) is 6.42 Å². The Morgan fingerprint density at radius 2 is 2.17 bits per heavy atom.